The van der Waals surface area contributed by atoms with Crippen molar-refractivity contribution in [3.8, 4) is 5.75 Å². The van der Waals surface area contributed by atoms with Crippen LogP contribution in [0.5, 0.6) is 5.75 Å². The quantitative estimate of drug-likeness (QED) is 0.465. The minimum Gasteiger partial charge on any atom is -0.495 e. The number of carbonyl (C=O) groups excluding carboxylic acids is 3. The number of hydrogen-bond donors (Lipinski definition) is 2. The summed E-state index contributed by atoms with van der Waals surface area (Å²) in [6, 6.07) is 19.4. The molecule has 10 heteroatoms. The maximum Gasteiger partial charge on any atom is 0.261 e. The van der Waals surface area contributed by atoms with E-state index in [0.29, 0.717) is 0 Å². The Morgan fingerprint density at radius 3 is 2.29 bits per heavy atom. The predicted molar refractivity (Wildman–Crippen MR) is 130 cm³/mol. The number of imide groups is 1. The molecule has 0 aliphatic carbocycles. The number of carbonyl (C=O) groups is 3. The molecule has 0 spiro atoms. The van der Waals surface area contributed by atoms with Gasteiger partial charge in [-0.15, -0.1) is 0 Å². The fourth-order valence-corrected chi connectivity index (χ4v) is 4.80. The highest BCUT2D eigenvalue weighted by Gasteiger charge is 2.33. The van der Waals surface area contributed by atoms with E-state index in [1.165, 1.54) is 37.4 Å². The Morgan fingerprint density at radius 1 is 0.943 bits per heavy atom. The molecule has 4 rings (SSSR count). The Bertz CT molecular complexity index is 1370. The second-order valence-corrected chi connectivity index (χ2v) is 9.46. The monoisotopic (exact) mass is 493 g/mol. The zero-order valence-electron chi connectivity index (χ0n) is 18.9. The molecule has 1 fully saturated rings. The smallest absolute Gasteiger partial charge is 0.261 e. The van der Waals surface area contributed by atoms with Gasteiger partial charge in [-0.3, -0.25) is 19.1 Å². The zero-order valence-corrected chi connectivity index (χ0v) is 19.7. The van der Waals surface area contributed by atoms with Crippen LogP contribution in [0.4, 0.5) is 11.4 Å². The van der Waals surface area contributed by atoms with Crippen molar-refractivity contribution in [2.75, 3.05) is 16.7 Å². The maximum atomic E-state index is 13.2. The number of nitrogens with one attached hydrogen (secondary N) is 2. The number of sulfonamides is 1. The summed E-state index contributed by atoms with van der Waals surface area (Å²) >= 11 is 0. The summed E-state index contributed by atoms with van der Waals surface area (Å²) in [5, 5.41) is 2.78. The van der Waals surface area contributed by atoms with E-state index in [0.717, 1.165) is 10.5 Å². The SMILES string of the molecule is COc1ccc(S(=O)(=O)Nc2ccccc2C(=O)NCc2ccccc2)cc1N1C(=O)CCC1=O. The van der Waals surface area contributed by atoms with E-state index >= 15 is 0 Å². The molecule has 2 N–H and O–H groups in total. The predicted octanol–water partition coefficient (Wildman–Crippen LogP) is 3.08. The normalized spacial score (nSPS) is 13.6. The Balaban J connectivity index is 1.60. The molecule has 0 radical (unpaired) electrons. The number of amides is 3. The molecule has 180 valence electrons. The summed E-state index contributed by atoms with van der Waals surface area (Å²) in [5.74, 6) is -1.13. The number of para-hydroxylation sites is 1. The number of benzene rings is 3. The Hall–Kier alpha value is -4.18. The molecule has 0 unspecified atom stereocenters. The summed E-state index contributed by atoms with van der Waals surface area (Å²) in [7, 11) is -2.82. The van der Waals surface area contributed by atoms with Crippen molar-refractivity contribution in [1.29, 1.82) is 0 Å². The largest absolute Gasteiger partial charge is 0.495 e. The molecule has 1 aliphatic heterocycles. The van der Waals surface area contributed by atoms with Gasteiger partial charge in [0.1, 0.15) is 5.75 Å². The molecular weight excluding hydrogens is 470 g/mol. The Kier molecular flexibility index (Phi) is 6.83. The summed E-state index contributed by atoms with van der Waals surface area (Å²) in [6.45, 7) is 0.278. The third kappa shape index (κ3) is 5.17. The highest BCUT2D eigenvalue weighted by molar-refractivity contribution is 7.92. The van der Waals surface area contributed by atoms with Crippen LogP contribution >= 0.6 is 0 Å². The lowest BCUT2D eigenvalue weighted by Gasteiger charge is -2.19. The first-order chi connectivity index (χ1) is 16.8. The van der Waals surface area contributed by atoms with Gasteiger partial charge in [0.25, 0.3) is 15.9 Å². The van der Waals surface area contributed by atoms with Crippen molar-refractivity contribution in [3.05, 3.63) is 83.9 Å². The molecule has 0 aromatic heterocycles. The van der Waals surface area contributed by atoms with Crippen molar-refractivity contribution in [2.45, 2.75) is 24.3 Å². The molecule has 3 aromatic rings. The minimum absolute atomic E-state index is 0.0443. The number of rotatable bonds is 8. The number of ether oxygens (including phenoxy) is 1. The number of nitrogens with zero attached hydrogens (tertiary/aromatic N) is 1. The summed E-state index contributed by atoms with van der Waals surface area (Å²) in [4.78, 5) is 38.0. The fourth-order valence-electron chi connectivity index (χ4n) is 3.70. The zero-order chi connectivity index (χ0) is 25.0. The molecule has 0 bridgehead atoms. The Labute approximate surface area is 202 Å². The lowest BCUT2D eigenvalue weighted by Crippen LogP contribution is -2.29. The summed E-state index contributed by atoms with van der Waals surface area (Å²) in [6.07, 6.45) is 0.0887. The highest BCUT2D eigenvalue weighted by atomic mass is 32.2. The topological polar surface area (TPSA) is 122 Å². The van der Waals surface area contributed by atoms with Gasteiger partial charge >= 0.3 is 0 Å². The first-order valence-electron chi connectivity index (χ1n) is 10.8. The van der Waals surface area contributed by atoms with Crippen molar-refractivity contribution >= 4 is 39.1 Å². The first kappa shape index (κ1) is 24.0. The average Bonchev–Trinajstić information content (AvgIpc) is 3.20. The van der Waals surface area contributed by atoms with Crippen molar-refractivity contribution in [3.63, 3.8) is 0 Å². The summed E-state index contributed by atoms with van der Waals surface area (Å²) in [5.41, 5.74) is 1.18. The van der Waals surface area contributed by atoms with Gasteiger partial charge in [-0.25, -0.2) is 13.3 Å². The van der Waals surface area contributed by atoms with Crippen LogP contribution in [0, 0.1) is 0 Å². The third-order valence-electron chi connectivity index (χ3n) is 5.46. The molecule has 0 saturated carbocycles. The molecule has 9 nitrogen and oxygen atoms in total. The van der Waals surface area contributed by atoms with Crippen LogP contribution in [0.15, 0.2) is 77.7 Å². The van der Waals surface area contributed by atoms with Gasteiger partial charge in [0.15, 0.2) is 0 Å². The van der Waals surface area contributed by atoms with Gasteiger partial charge in [-0.05, 0) is 35.9 Å². The van der Waals surface area contributed by atoms with Gasteiger partial charge < -0.3 is 10.1 Å². The number of methoxy groups -OCH3 is 1. The van der Waals surface area contributed by atoms with E-state index < -0.39 is 27.7 Å². The van der Waals surface area contributed by atoms with E-state index in [4.69, 9.17) is 4.74 Å². The lowest BCUT2D eigenvalue weighted by atomic mass is 10.1. The lowest BCUT2D eigenvalue weighted by molar-refractivity contribution is -0.121. The van der Waals surface area contributed by atoms with Gasteiger partial charge in [0.05, 0.1) is 28.9 Å². The Morgan fingerprint density at radius 2 is 1.60 bits per heavy atom. The van der Waals surface area contributed by atoms with Crippen LogP contribution in [0.25, 0.3) is 0 Å². The van der Waals surface area contributed by atoms with Crippen LogP contribution < -0.4 is 19.7 Å². The standard InChI is InChI=1S/C25H23N3O6S/c1-34-22-12-11-18(15-21(22)28-23(29)13-14-24(28)30)35(32,33)27-20-10-6-5-9-19(20)25(31)26-16-17-7-3-2-4-8-17/h2-12,15,27H,13-14,16H2,1H3,(H,26,31). The molecule has 35 heavy (non-hydrogen) atoms. The maximum absolute atomic E-state index is 13.2. The molecule has 1 aliphatic rings. The van der Waals surface area contributed by atoms with Crippen molar-refractivity contribution < 1.29 is 27.5 Å². The van der Waals surface area contributed by atoms with E-state index in [-0.39, 0.29) is 47.0 Å². The van der Waals surface area contributed by atoms with Crippen molar-refractivity contribution in [1.82, 2.24) is 5.32 Å². The molecule has 3 amide bonds. The molecule has 3 aromatic carbocycles. The van der Waals surface area contributed by atoms with Crippen molar-refractivity contribution in [2.24, 2.45) is 0 Å². The molecule has 1 heterocycles. The van der Waals surface area contributed by atoms with Gasteiger partial charge in [-0.2, -0.15) is 0 Å². The van der Waals surface area contributed by atoms with E-state index in [1.807, 2.05) is 30.3 Å². The second-order valence-electron chi connectivity index (χ2n) is 7.78. The fraction of sp³-hybridized carbons (Fsp3) is 0.160. The minimum atomic E-state index is -4.18. The molecule has 1 saturated heterocycles. The van der Waals surface area contributed by atoms with Gasteiger partial charge in [-0.1, -0.05) is 42.5 Å². The van der Waals surface area contributed by atoms with Crippen LogP contribution in [0.2, 0.25) is 0 Å². The number of anilines is 2. The first-order valence-corrected chi connectivity index (χ1v) is 12.3. The highest BCUT2D eigenvalue weighted by Crippen LogP contribution is 2.34. The third-order valence-corrected chi connectivity index (χ3v) is 6.83. The number of hydrogen-bond acceptors (Lipinski definition) is 6. The van der Waals surface area contributed by atoms with Gasteiger partial charge in [0, 0.05) is 19.4 Å². The van der Waals surface area contributed by atoms with Crippen LogP contribution in [0.3, 0.4) is 0 Å². The summed E-state index contributed by atoms with van der Waals surface area (Å²) < 4.78 is 34.1. The molecular formula is C25H23N3O6S. The van der Waals surface area contributed by atoms with Crippen LogP contribution in [-0.2, 0) is 26.2 Å². The van der Waals surface area contributed by atoms with E-state index in [2.05, 4.69) is 10.0 Å². The van der Waals surface area contributed by atoms with Crippen LogP contribution in [-0.4, -0.2) is 33.2 Å². The second kappa shape index (κ2) is 9.98. The van der Waals surface area contributed by atoms with Gasteiger partial charge in [0.2, 0.25) is 11.8 Å². The van der Waals surface area contributed by atoms with Crippen LogP contribution in [0.1, 0.15) is 28.8 Å². The molecule has 0 atom stereocenters. The average molecular weight is 494 g/mol. The van der Waals surface area contributed by atoms with E-state index in [9.17, 15) is 22.8 Å². The van der Waals surface area contributed by atoms with E-state index in [1.54, 1.807) is 12.1 Å².